The minimum atomic E-state index is -0.899. The number of rotatable bonds is 6. The predicted octanol–water partition coefficient (Wildman–Crippen LogP) is 3.58. The number of nitrogens with one attached hydrogen (secondary N) is 1. The van der Waals surface area contributed by atoms with Crippen molar-refractivity contribution in [3.8, 4) is 5.75 Å². The number of hydrogen-bond acceptors (Lipinski definition) is 4. The average Bonchev–Trinajstić information content (AvgIpc) is 2.56. The van der Waals surface area contributed by atoms with Gasteiger partial charge in [0.05, 0.1) is 12.2 Å². The summed E-state index contributed by atoms with van der Waals surface area (Å²) in [6, 6.07) is 14.0. The van der Waals surface area contributed by atoms with E-state index >= 15 is 0 Å². The maximum Gasteiger partial charge on any atom is 0.338 e. The number of ether oxygens (including phenoxy) is 2. The SMILES string of the molecule is CCOc1ccc(NC(=O)C(C)OC(=O)c2cccc(C)c2)cc1. The van der Waals surface area contributed by atoms with Gasteiger partial charge < -0.3 is 14.8 Å². The summed E-state index contributed by atoms with van der Waals surface area (Å²) in [6.07, 6.45) is -0.899. The highest BCUT2D eigenvalue weighted by Crippen LogP contribution is 2.16. The molecule has 2 aromatic rings. The molecule has 24 heavy (non-hydrogen) atoms. The lowest BCUT2D eigenvalue weighted by atomic mass is 10.1. The van der Waals surface area contributed by atoms with Crippen LogP contribution in [-0.2, 0) is 9.53 Å². The van der Waals surface area contributed by atoms with Gasteiger partial charge in [-0.15, -0.1) is 0 Å². The maximum absolute atomic E-state index is 12.1. The average molecular weight is 327 g/mol. The number of amides is 1. The van der Waals surface area contributed by atoms with E-state index in [-0.39, 0.29) is 5.91 Å². The van der Waals surface area contributed by atoms with E-state index in [1.165, 1.54) is 6.92 Å². The van der Waals surface area contributed by atoms with Gasteiger partial charge in [-0.3, -0.25) is 4.79 Å². The number of aryl methyl sites for hydroxylation is 1. The van der Waals surface area contributed by atoms with Crippen LogP contribution in [0, 0.1) is 6.92 Å². The van der Waals surface area contributed by atoms with Crippen molar-refractivity contribution < 1.29 is 19.1 Å². The molecule has 0 bridgehead atoms. The van der Waals surface area contributed by atoms with Crippen LogP contribution in [-0.4, -0.2) is 24.6 Å². The molecule has 0 saturated carbocycles. The molecule has 1 atom stereocenters. The van der Waals surface area contributed by atoms with Gasteiger partial charge >= 0.3 is 5.97 Å². The molecule has 1 amide bonds. The molecule has 0 fully saturated rings. The standard InChI is InChI=1S/C19H21NO4/c1-4-23-17-10-8-16(9-11-17)20-18(21)14(3)24-19(22)15-7-5-6-13(2)12-15/h5-12,14H,4H2,1-3H3,(H,20,21). The van der Waals surface area contributed by atoms with Crippen LogP contribution in [0.25, 0.3) is 0 Å². The van der Waals surface area contributed by atoms with Crippen LogP contribution < -0.4 is 10.1 Å². The Morgan fingerprint density at radius 2 is 1.83 bits per heavy atom. The van der Waals surface area contributed by atoms with Crippen molar-refractivity contribution in [2.75, 3.05) is 11.9 Å². The molecule has 0 saturated heterocycles. The molecule has 1 N–H and O–H groups in total. The second kappa shape index (κ2) is 8.15. The van der Waals surface area contributed by atoms with Gasteiger partial charge in [-0.05, 0) is 57.2 Å². The molecule has 0 aliphatic heterocycles. The van der Waals surface area contributed by atoms with Crippen molar-refractivity contribution in [2.24, 2.45) is 0 Å². The van der Waals surface area contributed by atoms with Crippen molar-refractivity contribution in [2.45, 2.75) is 26.9 Å². The van der Waals surface area contributed by atoms with Gasteiger partial charge in [0, 0.05) is 5.69 Å². The van der Waals surface area contributed by atoms with Crippen LogP contribution in [0.3, 0.4) is 0 Å². The zero-order valence-electron chi connectivity index (χ0n) is 14.0. The summed E-state index contributed by atoms with van der Waals surface area (Å²) in [5.41, 5.74) is 1.99. The summed E-state index contributed by atoms with van der Waals surface area (Å²) >= 11 is 0. The monoisotopic (exact) mass is 327 g/mol. The number of hydrogen-bond donors (Lipinski definition) is 1. The van der Waals surface area contributed by atoms with E-state index in [2.05, 4.69) is 5.32 Å². The Morgan fingerprint density at radius 1 is 1.12 bits per heavy atom. The zero-order valence-corrected chi connectivity index (χ0v) is 14.0. The topological polar surface area (TPSA) is 64.6 Å². The molecular weight excluding hydrogens is 306 g/mol. The van der Waals surface area contributed by atoms with Gasteiger partial charge in [-0.25, -0.2) is 4.79 Å². The van der Waals surface area contributed by atoms with E-state index in [0.717, 1.165) is 11.3 Å². The molecule has 5 heteroatoms. The van der Waals surface area contributed by atoms with Gasteiger partial charge in [-0.1, -0.05) is 17.7 Å². The largest absolute Gasteiger partial charge is 0.494 e. The molecule has 5 nitrogen and oxygen atoms in total. The first-order valence-corrected chi connectivity index (χ1v) is 7.81. The number of benzene rings is 2. The number of carbonyl (C=O) groups excluding carboxylic acids is 2. The first-order valence-electron chi connectivity index (χ1n) is 7.81. The van der Waals surface area contributed by atoms with Crippen molar-refractivity contribution in [1.29, 1.82) is 0 Å². The predicted molar refractivity (Wildman–Crippen MR) is 92.3 cm³/mol. The van der Waals surface area contributed by atoms with Gasteiger partial charge in [0.25, 0.3) is 5.91 Å². The second-order valence-electron chi connectivity index (χ2n) is 5.36. The van der Waals surface area contributed by atoms with Gasteiger partial charge in [-0.2, -0.15) is 0 Å². The minimum absolute atomic E-state index is 0.389. The Kier molecular flexibility index (Phi) is 5.95. The van der Waals surface area contributed by atoms with E-state index in [0.29, 0.717) is 17.9 Å². The summed E-state index contributed by atoms with van der Waals surface area (Å²) in [5.74, 6) is -0.178. The van der Waals surface area contributed by atoms with Crippen LogP contribution in [0.2, 0.25) is 0 Å². The second-order valence-corrected chi connectivity index (χ2v) is 5.36. The summed E-state index contributed by atoms with van der Waals surface area (Å²) in [4.78, 5) is 24.2. The normalized spacial score (nSPS) is 11.5. The first-order chi connectivity index (χ1) is 11.5. The maximum atomic E-state index is 12.1. The van der Waals surface area contributed by atoms with Crippen LogP contribution >= 0.6 is 0 Å². The van der Waals surface area contributed by atoms with E-state index in [1.807, 2.05) is 19.9 Å². The Bertz CT molecular complexity index is 710. The number of anilines is 1. The fourth-order valence-corrected chi connectivity index (χ4v) is 2.10. The van der Waals surface area contributed by atoms with E-state index in [4.69, 9.17) is 9.47 Å². The molecule has 0 heterocycles. The lowest BCUT2D eigenvalue weighted by molar-refractivity contribution is -0.123. The Hall–Kier alpha value is -2.82. The molecule has 1 unspecified atom stereocenters. The van der Waals surface area contributed by atoms with Crippen LogP contribution in [0.5, 0.6) is 5.75 Å². The fraction of sp³-hybridized carbons (Fsp3) is 0.263. The third-order valence-electron chi connectivity index (χ3n) is 3.34. The molecule has 0 spiro atoms. The lowest BCUT2D eigenvalue weighted by Crippen LogP contribution is -2.30. The Morgan fingerprint density at radius 3 is 2.46 bits per heavy atom. The van der Waals surface area contributed by atoms with Crippen LogP contribution in [0.4, 0.5) is 5.69 Å². The molecule has 0 aliphatic rings. The van der Waals surface area contributed by atoms with E-state index in [9.17, 15) is 9.59 Å². The lowest BCUT2D eigenvalue weighted by Gasteiger charge is -2.14. The van der Waals surface area contributed by atoms with E-state index in [1.54, 1.807) is 42.5 Å². The Balaban J connectivity index is 1.93. The highest BCUT2D eigenvalue weighted by Gasteiger charge is 2.19. The van der Waals surface area contributed by atoms with Crippen LogP contribution in [0.15, 0.2) is 48.5 Å². The molecule has 2 aromatic carbocycles. The van der Waals surface area contributed by atoms with Crippen molar-refractivity contribution >= 4 is 17.6 Å². The summed E-state index contributed by atoms with van der Waals surface area (Å²) in [5, 5.41) is 2.71. The molecule has 0 aliphatic carbocycles. The summed E-state index contributed by atoms with van der Waals surface area (Å²) in [7, 11) is 0. The summed E-state index contributed by atoms with van der Waals surface area (Å²) < 4.78 is 10.6. The third-order valence-corrected chi connectivity index (χ3v) is 3.34. The molecule has 0 radical (unpaired) electrons. The zero-order chi connectivity index (χ0) is 17.5. The smallest absolute Gasteiger partial charge is 0.338 e. The fourth-order valence-electron chi connectivity index (χ4n) is 2.10. The molecule has 0 aromatic heterocycles. The highest BCUT2D eigenvalue weighted by molar-refractivity contribution is 5.97. The molecule has 126 valence electrons. The molecular formula is C19H21NO4. The quantitative estimate of drug-likeness (QED) is 0.824. The Labute approximate surface area is 141 Å². The van der Waals surface area contributed by atoms with Crippen molar-refractivity contribution in [3.05, 3.63) is 59.7 Å². The van der Waals surface area contributed by atoms with Crippen molar-refractivity contribution in [1.82, 2.24) is 0 Å². The molecule has 2 rings (SSSR count). The van der Waals surface area contributed by atoms with Crippen molar-refractivity contribution in [3.63, 3.8) is 0 Å². The van der Waals surface area contributed by atoms with Gasteiger partial charge in [0.15, 0.2) is 6.10 Å². The third kappa shape index (κ3) is 4.84. The summed E-state index contributed by atoms with van der Waals surface area (Å²) in [6.45, 7) is 5.91. The number of carbonyl (C=O) groups is 2. The van der Waals surface area contributed by atoms with Gasteiger partial charge in [0.2, 0.25) is 0 Å². The highest BCUT2D eigenvalue weighted by atomic mass is 16.5. The number of esters is 1. The minimum Gasteiger partial charge on any atom is -0.494 e. The van der Waals surface area contributed by atoms with E-state index < -0.39 is 12.1 Å². The van der Waals surface area contributed by atoms with Crippen LogP contribution in [0.1, 0.15) is 29.8 Å². The van der Waals surface area contributed by atoms with Gasteiger partial charge in [0.1, 0.15) is 5.75 Å². The first kappa shape index (κ1) is 17.5.